The first kappa shape index (κ1) is 23.8. The second-order valence-corrected chi connectivity index (χ2v) is 10.6. The van der Waals surface area contributed by atoms with Crippen LogP contribution in [0.15, 0.2) is 71.3 Å². The zero-order chi connectivity index (χ0) is 24.9. The minimum atomic E-state index is -0.0693. The number of hydrogen-bond acceptors (Lipinski definition) is 2. The van der Waals surface area contributed by atoms with E-state index >= 15 is 0 Å². The molecule has 35 heavy (non-hydrogen) atoms. The van der Waals surface area contributed by atoms with Crippen molar-refractivity contribution in [1.82, 2.24) is 14.9 Å². The number of halogens is 1. The average Bonchev–Trinajstić information content (AvgIpc) is 3.33. The van der Waals surface area contributed by atoms with Gasteiger partial charge in [-0.3, -0.25) is 4.98 Å². The molecule has 2 aromatic heterocycles. The van der Waals surface area contributed by atoms with Crippen LogP contribution in [-0.2, 0) is 0 Å². The van der Waals surface area contributed by atoms with Crippen LogP contribution in [-0.4, -0.2) is 14.7 Å². The first-order chi connectivity index (χ1) is 16.8. The van der Waals surface area contributed by atoms with Crippen LogP contribution < -0.4 is 10.2 Å². The molecule has 0 amide bonds. The van der Waals surface area contributed by atoms with E-state index in [0.29, 0.717) is 5.11 Å². The summed E-state index contributed by atoms with van der Waals surface area (Å²) in [7, 11) is 0. The fourth-order valence-electron chi connectivity index (χ4n) is 5.16. The van der Waals surface area contributed by atoms with Crippen molar-refractivity contribution in [3.63, 3.8) is 0 Å². The zero-order valence-electron chi connectivity index (χ0n) is 20.6. The third-order valence-corrected chi connectivity index (χ3v) is 8.33. The summed E-state index contributed by atoms with van der Waals surface area (Å²) in [5, 5.41) is 4.30. The van der Waals surface area contributed by atoms with Crippen LogP contribution in [0.4, 0.5) is 5.69 Å². The summed E-state index contributed by atoms with van der Waals surface area (Å²) >= 11 is 9.58. The van der Waals surface area contributed by atoms with Gasteiger partial charge in [-0.25, -0.2) is 0 Å². The summed E-state index contributed by atoms with van der Waals surface area (Å²) in [5.74, 6) is 0. The zero-order valence-corrected chi connectivity index (χ0v) is 23.0. The standard InChI is InChI=1S/C29H29BrN4S/c1-17-9-8-11-26(20(17)4)33-19(3)16-23(21(33)5)28-27(25-10-6-7-14-31-25)32-29(35)34(28)22-12-13-24(30)18(2)15-22/h6-16,27-28H,1-5H3,(H,32,35)/t27-,28-/m0/s1. The van der Waals surface area contributed by atoms with E-state index < -0.39 is 0 Å². The van der Waals surface area contributed by atoms with Gasteiger partial charge in [-0.05, 0) is 112 Å². The van der Waals surface area contributed by atoms with Crippen LogP contribution in [0.2, 0.25) is 0 Å². The first-order valence-corrected chi connectivity index (χ1v) is 13.0. The Bertz CT molecular complexity index is 1430. The third kappa shape index (κ3) is 4.09. The molecule has 6 heteroatoms. The van der Waals surface area contributed by atoms with E-state index in [4.69, 9.17) is 17.2 Å². The summed E-state index contributed by atoms with van der Waals surface area (Å²) in [4.78, 5) is 6.96. The number of rotatable bonds is 4. The molecule has 0 unspecified atom stereocenters. The Labute approximate surface area is 221 Å². The second-order valence-electron chi connectivity index (χ2n) is 9.31. The van der Waals surface area contributed by atoms with Crippen molar-refractivity contribution in [2.24, 2.45) is 0 Å². The molecule has 4 aromatic rings. The number of pyridine rings is 1. The maximum absolute atomic E-state index is 5.94. The number of anilines is 1. The van der Waals surface area contributed by atoms with Gasteiger partial charge in [0.2, 0.25) is 0 Å². The number of benzene rings is 2. The molecule has 0 spiro atoms. The maximum Gasteiger partial charge on any atom is 0.174 e. The van der Waals surface area contributed by atoms with Crippen LogP contribution in [0.25, 0.3) is 5.69 Å². The van der Waals surface area contributed by atoms with Crippen LogP contribution in [0.1, 0.15) is 51.4 Å². The fourth-order valence-corrected chi connectivity index (χ4v) is 5.76. The SMILES string of the molecule is Cc1cc(N2C(=S)N[C@@H](c3ccccn3)[C@@H]2c2cc(C)n(-c3cccc(C)c3C)c2C)ccc1Br. The molecule has 3 heterocycles. The predicted molar refractivity (Wildman–Crippen MR) is 152 cm³/mol. The summed E-state index contributed by atoms with van der Waals surface area (Å²) < 4.78 is 3.46. The van der Waals surface area contributed by atoms with Gasteiger partial charge in [0, 0.05) is 33.4 Å². The monoisotopic (exact) mass is 544 g/mol. The molecule has 2 atom stereocenters. The van der Waals surface area contributed by atoms with Gasteiger partial charge in [-0.15, -0.1) is 0 Å². The van der Waals surface area contributed by atoms with Gasteiger partial charge in [-0.2, -0.15) is 0 Å². The van der Waals surface area contributed by atoms with Crippen molar-refractivity contribution in [1.29, 1.82) is 0 Å². The number of thiocarbonyl (C=S) groups is 1. The topological polar surface area (TPSA) is 33.1 Å². The average molecular weight is 546 g/mol. The van der Waals surface area contributed by atoms with Gasteiger partial charge in [-0.1, -0.05) is 34.1 Å². The third-order valence-electron chi connectivity index (χ3n) is 7.12. The summed E-state index contributed by atoms with van der Waals surface area (Å²) in [6.07, 6.45) is 1.85. The molecule has 1 aliphatic rings. The quantitative estimate of drug-likeness (QED) is 0.272. The van der Waals surface area contributed by atoms with Crippen molar-refractivity contribution in [3.05, 3.63) is 111 Å². The Morgan fingerprint density at radius 3 is 2.43 bits per heavy atom. The molecule has 0 radical (unpaired) electrons. The number of hydrogen-bond donors (Lipinski definition) is 1. The van der Waals surface area contributed by atoms with E-state index in [1.807, 2.05) is 18.3 Å². The molecular weight excluding hydrogens is 516 g/mol. The van der Waals surface area contributed by atoms with Gasteiger partial charge >= 0.3 is 0 Å². The van der Waals surface area contributed by atoms with Crippen LogP contribution >= 0.6 is 28.1 Å². The smallest absolute Gasteiger partial charge is 0.174 e. The molecule has 1 N–H and O–H groups in total. The second kappa shape index (κ2) is 9.25. The Morgan fingerprint density at radius 2 is 1.71 bits per heavy atom. The lowest BCUT2D eigenvalue weighted by molar-refractivity contribution is 0.565. The Hall–Kier alpha value is -2.96. The molecule has 1 fully saturated rings. The van der Waals surface area contributed by atoms with E-state index in [1.54, 1.807) is 0 Å². The van der Waals surface area contributed by atoms with Gasteiger partial charge < -0.3 is 14.8 Å². The lowest BCUT2D eigenvalue weighted by Crippen LogP contribution is -2.29. The van der Waals surface area contributed by atoms with Gasteiger partial charge in [0.15, 0.2) is 5.11 Å². The number of aryl methyl sites for hydroxylation is 3. The molecule has 0 bridgehead atoms. The first-order valence-electron chi connectivity index (χ1n) is 11.8. The Morgan fingerprint density at radius 1 is 0.914 bits per heavy atom. The Balaban J connectivity index is 1.71. The summed E-state index contributed by atoms with van der Waals surface area (Å²) in [5.41, 5.74) is 10.7. The number of nitrogens with zero attached hydrogens (tertiary/aromatic N) is 3. The van der Waals surface area contributed by atoms with Crippen LogP contribution in [0.5, 0.6) is 0 Å². The molecule has 0 saturated carbocycles. The molecule has 2 aromatic carbocycles. The molecule has 4 nitrogen and oxygen atoms in total. The highest BCUT2D eigenvalue weighted by Gasteiger charge is 2.42. The Kier molecular flexibility index (Phi) is 6.28. The maximum atomic E-state index is 5.94. The fraction of sp³-hybridized carbons (Fsp3) is 0.241. The van der Waals surface area contributed by atoms with E-state index in [0.717, 1.165) is 15.9 Å². The van der Waals surface area contributed by atoms with Gasteiger partial charge in [0.05, 0.1) is 17.8 Å². The van der Waals surface area contributed by atoms with Crippen molar-refractivity contribution >= 4 is 38.9 Å². The minimum Gasteiger partial charge on any atom is -0.351 e. The lowest BCUT2D eigenvalue weighted by Gasteiger charge is -2.28. The lowest BCUT2D eigenvalue weighted by atomic mass is 9.96. The normalized spacial score (nSPS) is 17.7. The number of nitrogens with one attached hydrogen (secondary N) is 1. The molecule has 178 valence electrons. The van der Waals surface area contributed by atoms with Crippen molar-refractivity contribution < 1.29 is 0 Å². The molecule has 5 rings (SSSR count). The largest absolute Gasteiger partial charge is 0.351 e. The van der Waals surface area contributed by atoms with Gasteiger partial charge in [0.1, 0.15) is 0 Å². The van der Waals surface area contributed by atoms with Crippen molar-refractivity contribution in [3.8, 4) is 5.69 Å². The van der Waals surface area contributed by atoms with Crippen molar-refractivity contribution in [2.75, 3.05) is 4.90 Å². The van der Waals surface area contributed by atoms with E-state index in [9.17, 15) is 0 Å². The highest BCUT2D eigenvalue weighted by Crippen LogP contribution is 2.44. The molecule has 1 aliphatic heterocycles. The van der Waals surface area contributed by atoms with E-state index in [2.05, 4.69) is 114 Å². The summed E-state index contributed by atoms with van der Waals surface area (Å²) in [6, 6.07) is 21.2. The summed E-state index contributed by atoms with van der Waals surface area (Å²) in [6.45, 7) is 10.9. The predicted octanol–water partition coefficient (Wildman–Crippen LogP) is 7.35. The van der Waals surface area contributed by atoms with Crippen molar-refractivity contribution in [2.45, 2.75) is 46.7 Å². The van der Waals surface area contributed by atoms with Crippen LogP contribution in [0.3, 0.4) is 0 Å². The molecule has 0 aliphatic carbocycles. The van der Waals surface area contributed by atoms with Gasteiger partial charge in [0.25, 0.3) is 0 Å². The van der Waals surface area contributed by atoms with E-state index in [1.165, 1.54) is 39.3 Å². The molecular formula is C29H29BrN4S. The highest BCUT2D eigenvalue weighted by atomic mass is 79.9. The highest BCUT2D eigenvalue weighted by molar-refractivity contribution is 9.10. The minimum absolute atomic E-state index is 0.0389. The molecule has 1 saturated heterocycles. The van der Waals surface area contributed by atoms with E-state index in [-0.39, 0.29) is 12.1 Å². The number of aromatic nitrogens is 2. The van der Waals surface area contributed by atoms with Crippen LogP contribution in [0, 0.1) is 34.6 Å².